The highest BCUT2D eigenvalue weighted by Crippen LogP contribution is 2.26. The maximum atomic E-state index is 13.0. The van der Waals surface area contributed by atoms with Crippen LogP contribution in [0, 0.1) is 5.92 Å². The second kappa shape index (κ2) is 16.0. The van der Waals surface area contributed by atoms with Crippen molar-refractivity contribution in [2.75, 3.05) is 19.8 Å². The molecule has 1 unspecified atom stereocenters. The molecule has 1 heterocycles. The van der Waals surface area contributed by atoms with Crippen molar-refractivity contribution in [3.63, 3.8) is 0 Å². The maximum Gasteiger partial charge on any atom is 0.288 e. The molecule has 3 amide bonds. The third kappa shape index (κ3) is 9.61. The number of ether oxygens (including phenoxy) is 1. The summed E-state index contributed by atoms with van der Waals surface area (Å²) in [6.07, 6.45) is 4.00. The summed E-state index contributed by atoms with van der Waals surface area (Å²) < 4.78 is 11.2. The first-order valence-electron chi connectivity index (χ1n) is 13.3. The van der Waals surface area contributed by atoms with Crippen LogP contribution < -0.4 is 15.4 Å². The zero-order valence-corrected chi connectivity index (χ0v) is 22.6. The summed E-state index contributed by atoms with van der Waals surface area (Å²) in [6, 6.07) is 20.2. The Morgan fingerprint density at radius 2 is 1.82 bits per heavy atom. The number of nitrogens with one attached hydrogen (secondary N) is 2. The largest absolute Gasteiger partial charge is 0.494 e. The lowest BCUT2D eigenvalue weighted by Gasteiger charge is -2.23. The van der Waals surface area contributed by atoms with E-state index in [2.05, 4.69) is 17.6 Å². The Morgan fingerprint density at radius 3 is 2.56 bits per heavy atom. The van der Waals surface area contributed by atoms with Gasteiger partial charge in [0.15, 0.2) is 5.76 Å². The van der Waals surface area contributed by atoms with Gasteiger partial charge in [-0.25, -0.2) is 5.06 Å². The van der Waals surface area contributed by atoms with Crippen LogP contribution >= 0.6 is 0 Å². The summed E-state index contributed by atoms with van der Waals surface area (Å²) in [5, 5.41) is 6.56. The molecule has 0 radical (unpaired) electrons. The van der Waals surface area contributed by atoms with E-state index in [1.54, 1.807) is 12.1 Å². The first-order valence-corrected chi connectivity index (χ1v) is 13.3. The molecule has 1 aromatic heterocycles. The zero-order chi connectivity index (χ0) is 27.9. The predicted octanol–water partition coefficient (Wildman–Crippen LogP) is 4.94. The lowest BCUT2D eigenvalue weighted by molar-refractivity contribution is -0.182. The number of unbranched alkanes of at least 4 members (excludes halogenated alkanes) is 2. The molecule has 0 saturated heterocycles. The van der Waals surface area contributed by atoms with Gasteiger partial charge < -0.3 is 19.8 Å². The van der Waals surface area contributed by atoms with Crippen LogP contribution in [0.25, 0.3) is 11.3 Å². The van der Waals surface area contributed by atoms with Gasteiger partial charge in [0.25, 0.3) is 5.91 Å². The molecule has 9 heteroatoms. The van der Waals surface area contributed by atoms with E-state index in [9.17, 15) is 14.4 Å². The number of carbonyl (C=O) groups is 3. The molecule has 39 heavy (non-hydrogen) atoms. The summed E-state index contributed by atoms with van der Waals surface area (Å²) in [6.45, 7) is 4.80. The molecule has 0 aliphatic rings. The molecular formula is C30H37N3O6. The van der Waals surface area contributed by atoms with Crippen molar-refractivity contribution in [2.24, 2.45) is 5.92 Å². The van der Waals surface area contributed by atoms with Crippen LogP contribution in [0.1, 0.15) is 55.6 Å². The number of hydrogen-bond donors (Lipinski definition) is 2. The van der Waals surface area contributed by atoms with Crippen LogP contribution in [0.3, 0.4) is 0 Å². The van der Waals surface area contributed by atoms with Crippen molar-refractivity contribution in [2.45, 2.75) is 46.1 Å². The second-order valence-corrected chi connectivity index (χ2v) is 9.01. The summed E-state index contributed by atoms with van der Waals surface area (Å²) in [5.41, 5.74) is 1.71. The number of amides is 3. The van der Waals surface area contributed by atoms with Gasteiger partial charge in [0, 0.05) is 5.56 Å². The van der Waals surface area contributed by atoms with Gasteiger partial charge in [-0.05, 0) is 43.2 Å². The number of furan rings is 1. The van der Waals surface area contributed by atoms with Crippen LogP contribution in [0.5, 0.6) is 5.75 Å². The van der Waals surface area contributed by atoms with Crippen molar-refractivity contribution in [1.29, 1.82) is 0 Å². The Morgan fingerprint density at radius 1 is 1.00 bits per heavy atom. The average Bonchev–Trinajstić information content (AvgIpc) is 3.46. The molecule has 0 bridgehead atoms. The summed E-state index contributed by atoms with van der Waals surface area (Å²) >= 11 is 0. The Hall–Kier alpha value is -4.11. The number of carbonyl (C=O) groups excluding carboxylic acids is 3. The fraction of sp³-hybridized carbons (Fsp3) is 0.367. The lowest BCUT2D eigenvalue weighted by Crippen LogP contribution is -2.43. The zero-order valence-electron chi connectivity index (χ0n) is 22.6. The topological polar surface area (TPSA) is 110 Å². The molecular weight excluding hydrogens is 498 g/mol. The van der Waals surface area contributed by atoms with E-state index < -0.39 is 11.8 Å². The minimum absolute atomic E-state index is 0.0796. The molecule has 0 saturated carbocycles. The van der Waals surface area contributed by atoms with E-state index in [1.807, 2.05) is 61.5 Å². The molecule has 0 aliphatic carbocycles. The van der Waals surface area contributed by atoms with E-state index in [-0.39, 0.29) is 31.5 Å². The number of rotatable bonds is 17. The lowest BCUT2D eigenvalue weighted by atomic mass is 10.0. The van der Waals surface area contributed by atoms with E-state index in [4.69, 9.17) is 14.0 Å². The van der Waals surface area contributed by atoms with Gasteiger partial charge in [-0.2, -0.15) is 0 Å². The predicted molar refractivity (Wildman–Crippen MR) is 147 cm³/mol. The molecule has 3 rings (SSSR count). The Balaban J connectivity index is 1.52. The molecule has 0 aliphatic heterocycles. The molecule has 2 N–H and O–H groups in total. The molecule has 9 nitrogen and oxygen atoms in total. The second-order valence-electron chi connectivity index (χ2n) is 9.01. The molecule has 3 aromatic rings. The molecule has 208 valence electrons. The minimum atomic E-state index is -0.484. The molecule has 1 atom stereocenters. The third-order valence-electron chi connectivity index (χ3n) is 6.06. The fourth-order valence-corrected chi connectivity index (χ4v) is 3.99. The Bertz CT molecular complexity index is 1180. The minimum Gasteiger partial charge on any atom is -0.494 e. The number of hydrogen-bond acceptors (Lipinski definition) is 6. The number of hydroxylamine groups is 2. The van der Waals surface area contributed by atoms with Crippen LogP contribution in [0.2, 0.25) is 0 Å². The van der Waals surface area contributed by atoms with E-state index in [0.717, 1.165) is 35.5 Å². The first-order chi connectivity index (χ1) is 19.0. The van der Waals surface area contributed by atoms with Crippen molar-refractivity contribution in [1.82, 2.24) is 15.7 Å². The van der Waals surface area contributed by atoms with Crippen LogP contribution in [0.4, 0.5) is 0 Å². The van der Waals surface area contributed by atoms with Gasteiger partial charge in [-0.15, -0.1) is 0 Å². The summed E-state index contributed by atoms with van der Waals surface area (Å²) in [7, 11) is 0. The maximum absolute atomic E-state index is 13.0. The SMILES string of the molecule is CCCCCC(CN(C=O)OCc1ccccc1)C(=O)NCNC(=O)c1ccc(-c2cccc(OCC)c2)o1. The number of benzene rings is 2. The van der Waals surface area contributed by atoms with E-state index >= 15 is 0 Å². The van der Waals surface area contributed by atoms with Gasteiger partial charge in [0.1, 0.15) is 18.1 Å². The normalized spacial score (nSPS) is 11.4. The highest BCUT2D eigenvalue weighted by Gasteiger charge is 2.22. The molecule has 0 spiro atoms. The summed E-state index contributed by atoms with van der Waals surface area (Å²) in [4.78, 5) is 42.8. The van der Waals surface area contributed by atoms with Crippen molar-refractivity contribution >= 4 is 18.2 Å². The quantitative estimate of drug-likeness (QED) is 0.110. The Labute approximate surface area is 229 Å². The van der Waals surface area contributed by atoms with Gasteiger partial charge in [0.2, 0.25) is 12.3 Å². The molecule has 2 aromatic carbocycles. The van der Waals surface area contributed by atoms with Gasteiger partial charge in [-0.3, -0.25) is 19.2 Å². The van der Waals surface area contributed by atoms with Gasteiger partial charge in [0.05, 0.1) is 25.7 Å². The van der Waals surface area contributed by atoms with Crippen LogP contribution in [-0.2, 0) is 21.0 Å². The van der Waals surface area contributed by atoms with E-state index in [0.29, 0.717) is 30.9 Å². The van der Waals surface area contributed by atoms with Crippen molar-refractivity contribution in [3.8, 4) is 17.1 Å². The summed E-state index contributed by atoms with van der Waals surface area (Å²) in [5.74, 6) is 0.169. The molecule has 0 fully saturated rings. The van der Waals surface area contributed by atoms with Crippen molar-refractivity contribution in [3.05, 3.63) is 78.1 Å². The smallest absolute Gasteiger partial charge is 0.288 e. The van der Waals surface area contributed by atoms with E-state index in [1.165, 1.54) is 0 Å². The van der Waals surface area contributed by atoms with Crippen molar-refractivity contribution < 1.29 is 28.4 Å². The third-order valence-corrected chi connectivity index (χ3v) is 6.06. The van der Waals surface area contributed by atoms with Crippen LogP contribution in [0.15, 0.2) is 71.1 Å². The average molecular weight is 536 g/mol. The Kier molecular flexibility index (Phi) is 12.1. The standard InChI is InChI=1S/C30H37N3O6/c1-3-5-7-13-25(19-33(22-34)38-20-23-11-8-6-9-12-23)29(35)31-21-32-30(36)28-17-16-27(39-28)24-14-10-15-26(18-24)37-4-2/h6,8-12,14-18,22,25H,3-5,7,13,19-21H2,1-2H3,(H,31,35)(H,32,36). The monoisotopic (exact) mass is 535 g/mol. The van der Waals surface area contributed by atoms with Gasteiger partial charge in [-0.1, -0.05) is 68.7 Å². The number of nitrogens with zero attached hydrogens (tertiary/aromatic N) is 1. The highest BCUT2D eigenvalue weighted by molar-refractivity contribution is 5.92. The first kappa shape index (κ1) is 29.4. The fourth-order valence-electron chi connectivity index (χ4n) is 3.99. The van der Waals surface area contributed by atoms with Crippen LogP contribution in [-0.4, -0.2) is 43.1 Å². The highest BCUT2D eigenvalue weighted by atomic mass is 16.7. The van der Waals surface area contributed by atoms with Gasteiger partial charge >= 0.3 is 0 Å².